The van der Waals surface area contributed by atoms with Crippen LogP contribution in [0.25, 0.3) is 22.2 Å². The quantitative estimate of drug-likeness (QED) is 0.310. The lowest BCUT2D eigenvalue weighted by atomic mass is 10.1. The summed E-state index contributed by atoms with van der Waals surface area (Å²) in [6.45, 7) is 4.59. The Kier molecular flexibility index (Phi) is 6.66. The number of aromatic nitrogens is 4. The number of halogens is 1. The Balaban J connectivity index is 1.70. The van der Waals surface area contributed by atoms with Gasteiger partial charge in [-0.15, -0.1) is 0 Å². The summed E-state index contributed by atoms with van der Waals surface area (Å²) >= 11 is 3.43. The van der Waals surface area contributed by atoms with Crippen molar-refractivity contribution in [2.45, 2.75) is 38.1 Å². The number of ether oxygens (including phenoxy) is 1. The van der Waals surface area contributed by atoms with Crippen LogP contribution in [0.5, 0.6) is 0 Å². The Morgan fingerprint density at radius 3 is 2.64 bits per heavy atom. The predicted octanol–water partition coefficient (Wildman–Crippen LogP) is 4.55. The van der Waals surface area contributed by atoms with Crippen molar-refractivity contribution >= 4 is 43.0 Å². The third-order valence-corrected chi connectivity index (χ3v) is 7.27. The van der Waals surface area contributed by atoms with Crippen molar-refractivity contribution in [3.05, 3.63) is 65.2 Å². The van der Waals surface area contributed by atoms with E-state index in [1.165, 1.54) is 3.97 Å². The largest absolute Gasteiger partial charge is 0.466 e. The minimum Gasteiger partial charge on any atom is -0.466 e. The number of esters is 1. The molecule has 172 valence electrons. The minimum absolute atomic E-state index is 0.191. The van der Waals surface area contributed by atoms with E-state index in [2.05, 4.69) is 26.0 Å². The lowest BCUT2D eigenvalue weighted by Gasteiger charge is -2.07. The van der Waals surface area contributed by atoms with Crippen LogP contribution >= 0.6 is 15.9 Å². The van der Waals surface area contributed by atoms with Gasteiger partial charge in [-0.2, -0.15) is 5.10 Å². The Bertz CT molecular complexity index is 1410. The minimum atomic E-state index is -3.84. The summed E-state index contributed by atoms with van der Waals surface area (Å²) in [7, 11) is -3.84. The fourth-order valence-corrected chi connectivity index (χ4v) is 5.19. The zero-order valence-corrected chi connectivity index (χ0v) is 20.6. The molecule has 0 aliphatic carbocycles. The molecule has 0 bridgehead atoms. The van der Waals surface area contributed by atoms with Crippen molar-refractivity contribution in [3.8, 4) is 11.1 Å². The van der Waals surface area contributed by atoms with Crippen LogP contribution in [0.4, 0.5) is 0 Å². The zero-order valence-electron chi connectivity index (χ0n) is 18.2. The second kappa shape index (κ2) is 9.48. The van der Waals surface area contributed by atoms with Gasteiger partial charge in [-0.3, -0.25) is 9.48 Å². The molecule has 33 heavy (non-hydrogen) atoms. The maximum Gasteiger partial charge on any atom is 0.305 e. The Morgan fingerprint density at radius 2 is 1.91 bits per heavy atom. The van der Waals surface area contributed by atoms with Gasteiger partial charge >= 0.3 is 5.97 Å². The van der Waals surface area contributed by atoms with Gasteiger partial charge in [-0.25, -0.2) is 17.4 Å². The van der Waals surface area contributed by atoms with Crippen molar-refractivity contribution in [1.82, 2.24) is 18.7 Å². The van der Waals surface area contributed by atoms with Crippen LogP contribution in [0.3, 0.4) is 0 Å². The van der Waals surface area contributed by atoms with Crippen LogP contribution in [0, 0.1) is 6.92 Å². The zero-order chi connectivity index (χ0) is 23.6. The number of aryl methyl sites for hydroxylation is 2. The van der Waals surface area contributed by atoms with Crippen molar-refractivity contribution < 1.29 is 17.9 Å². The Hall–Kier alpha value is -2.98. The molecule has 3 heterocycles. The molecule has 0 fully saturated rings. The first-order chi connectivity index (χ1) is 15.8. The number of carbonyl (C=O) groups is 1. The molecule has 0 unspecified atom stereocenters. The highest BCUT2D eigenvalue weighted by atomic mass is 79.9. The van der Waals surface area contributed by atoms with E-state index in [0.717, 1.165) is 15.6 Å². The van der Waals surface area contributed by atoms with E-state index >= 15 is 0 Å². The molecule has 8 nitrogen and oxygen atoms in total. The van der Waals surface area contributed by atoms with Gasteiger partial charge in [0.1, 0.15) is 0 Å². The first-order valence-corrected chi connectivity index (χ1v) is 12.7. The fraction of sp³-hybridized carbons (Fsp3) is 0.261. The van der Waals surface area contributed by atoms with Crippen LogP contribution < -0.4 is 0 Å². The summed E-state index contributed by atoms with van der Waals surface area (Å²) in [6, 6.07) is 8.57. The van der Waals surface area contributed by atoms with E-state index in [1.54, 1.807) is 54.5 Å². The molecule has 0 radical (unpaired) electrons. The van der Waals surface area contributed by atoms with E-state index < -0.39 is 10.0 Å². The monoisotopic (exact) mass is 530 g/mol. The summed E-state index contributed by atoms with van der Waals surface area (Å²) in [5.74, 6) is -0.231. The summed E-state index contributed by atoms with van der Waals surface area (Å²) in [6.07, 6.45) is 7.59. The highest BCUT2D eigenvalue weighted by Gasteiger charge is 2.23. The highest BCUT2D eigenvalue weighted by molar-refractivity contribution is 9.10. The van der Waals surface area contributed by atoms with Crippen LogP contribution in [0.2, 0.25) is 0 Å². The summed E-state index contributed by atoms with van der Waals surface area (Å²) < 4.78 is 35.4. The number of fused-ring (bicyclic) bond motifs is 1. The van der Waals surface area contributed by atoms with Gasteiger partial charge < -0.3 is 4.74 Å². The second-order valence-corrected chi connectivity index (χ2v) is 10.3. The number of pyridine rings is 1. The Morgan fingerprint density at radius 1 is 1.15 bits per heavy atom. The fourth-order valence-electron chi connectivity index (χ4n) is 3.53. The molecule has 4 aromatic rings. The first-order valence-electron chi connectivity index (χ1n) is 10.5. The van der Waals surface area contributed by atoms with Crippen LogP contribution in [0.15, 0.2) is 64.5 Å². The Labute approximate surface area is 200 Å². The number of benzene rings is 1. The average Bonchev–Trinajstić information content (AvgIpc) is 3.39. The van der Waals surface area contributed by atoms with Gasteiger partial charge in [-0.05, 0) is 54.4 Å². The number of carbonyl (C=O) groups excluding carboxylic acids is 1. The molecule has 0 aliphatic heterocycles. The van der Waals surface area contributed by atoms with E-state index in [1.807, 2.05) is 19.2 Å². The third-order valence-electron chi connectivity index (χ3n) is 5.17. The van der Waals surface area contributed by atoms with Gasteiger partial charge in [0.05, 0.1) is 17.7 Å². The van der Waals surface area contributed by atoms with Gasteiger partial charge in [0.15, 0.2) is 5.65 Å². The smallest absolute Gasteiger partial charge is 0.305 e. The number of hydrogen-bond donors (Lipinski definition) is 0. The van der Waals surface area contributed by atoms with E-state index in [4.69, 9.17) is 4.74 Å². The molecule has 0 atom stereocenters. The molecule has 0 amide bonds. The lowest BCUT2D eigenvalue weighted by Crippen LogP contribution is -2.12. The number of nitrogens with zero attached hydrogens (tertiary/aromatic N) is 4. The van der Waals surface area contributed by atoms with E-state index in [-0.39, 0.29) is 10.9 Å². The van der Waals surface area contributed by atoms with Crippen molar-refractivity contribution in [1.29, 1.82) is 0 Å². The van der Waals surface area contributed by atoms with E-state index in [9.17, 15) is 13.2 Å². The molecule has 4 rings (SSSR count). The topological polar surface area (TPSA) is 96.1 Å². The summed E-state index contributed by atoms with van der Waals surface area (Å²) in [5, 5.41) is 5.06. The molecule has 0 spiro atoms. The van der Waals surface area contributed by atoms with Crippen molar-refractivity contribution in [3.63, 3.8) is 0 Å². The van der Waals surface area contributed by atoms with E-state index in [0.29, 0.717) is 42.6 Å². The predicted molar refractivity (Wildman–Crippen MR) is 128 cm³/mol. The number of hydrogen-bond acceptors (Lipinski definition) is 6. The molecule has 3 aromatic heterocycles. The molecule has 0 saturated heterocycles. The van der Waals surface area contributed by atoms with Gasteiger partial charge in [-0.1, -0.05) is 17.7 Å². The second-order valence-electron chi connectivity index (χ2n) is 7.58. The number of rotatable bonds is 8. The first kappa shape index (κ1) is 23.2. The van der Waals surface area contributed by atoms with Gasteiger partial charge in [0, 0.05) is 52.5 Å². The molecule has 0 saturated carbocycles. The van der Waals surface area contributed by atoms with Gasteiger partial charge in [0.25, 0.3) is 10.0 Å². The van der Waals surface area contributed by atoms with Crippen LogP contribution in [0.1, 0.15) is 25.3 Å². The lowest BCUT2D eigenvalue weighted by molar-refractivity contribution is -0.143. The molecular weight excluding hydrogens is 508 g/mol. The summed E-state index contributed by atoms with van der Waals surface area (Å²) in [4.78, 5) is 16.1. The molecular formula is C23H23BrN4O4S. The maximum atomic E-state index is 13.4. The standard InChI is InChI=1S/C23H23BrN4O4S/c1-3-32-22(29)5-4-10-27-14-17(12-26-27)21-15-28(23-20(21)11-18(24)13-25-23)33(30,31)19-8-6-16(2)7-9-19/h6-9,11-15H,3-5,10H2,1-2H3. The molecule has 1 aromatic carbocycles. The highest BCUT2D eigenvalue weighted by Crippen LogP contribution is 2.33. The summed E-state index contributed by atoms with van der Waals surface area (Å²) in [5.41, 5.74) is 2.77. The molecule has 0 aliphatic rings. The molecule has 10 heteroatoms. The van der Waals surface area contributed by atoms with Crippen LogP contribution in [-0.4, -0.2) is 39.7 Å². The maximum absolute atomic E-state index is 13.4. The normalized spacial score (nSPS) is 11.7. The molecule has 0 N–H and O–H groups in total. The van der Waals surface area contributed by atoms with Gasteiger partial charge in [0.2, 0.25) is 0 Å². The SMILES string of the molecule is CCOC(=O)CCCn1cc(-c2cn(S(=O)(=O)c3ccc(C)cc3)c3ncc(Br)cc23)cn1. The van der Waals surface area contributed by atoms with Crippen molar-refractivity contribution in [2.24, 2.45) is 0 Å². The van der Waals surface area contributed by atoms with Crippen LogP contribution in [-0.2, 0) is 26.1 Å². The van der Waals surface area contributed by atoms with Crippen molar-refractivity contribution in [2.75, 3.05) is 6.61 Å². The third kappa shape index (κ3) is 4.86. The average molecular weight is 531 g/mol.